The lowest BCUT2D eigenvalue weighted by Crippen LogP contribution is -2.10. The minimum absolute atomic E-state index is 0.0906. The molecule has 0 N–H and O–H groups in total. The Morgan fingerprint density at radius 1 is 1.19 bits per heavy atom. The van der Waals surface area contributed by atoms with E-state index in [1.54, 1.807) is 13.0 Å². The smallest absolute Gasteiger partial charge is 0.387 e. The van der Waals surface area contributed by atoms with Gasteiger partial charge in [-0.3, -0.25) is 10.1 Å². The van der Waals surface area contributed by atoms with E-state index in [0.29, 0.717) is 0 Å². The normalized spacial score (nSPS) is 10.5. The third-order valence-electron chi connectivity index (χ3n) is 3.24. The van der Waals surface area contributed by atoms with Crippen molar-refractivity contribution in [3.05, 3.63) is 63.7 Å². The summed E-state index contributed by atoms with van der Waals surface area (Å²) in [6.07, 6.45) is 0. The lowest BCUT2D eigenvalue weighted by Gasteiger charge is -2.15. The highest BCUT2D eigenvalue weighted by molar-refractivity contribution is 5.89. The van der Waals surface area contributed by atoms with Crippen LogP contribution in [-0.4, -0.2) is 24.1 Å². The summed E-state index contributed by atoms with van der Waals surface area (Å²) in [6.45, 7) is -1.47. The van der Waals surface area contributed by atoms with Gasteiger partial charge in [-0.05, 0) is 25.1 Å². The van der Waals surface area contributed by atoms with Gasteiger partial charge >= 0.3 is 12.6 Å². The molecule has 2 aromatic rings. The fourth-order valence-corrected chi connectivity index (χ4v) is 2.11. The van der Waals surface area contributed by atoms with Crippen molar-refractivity contribution in [1.29, 1.82) is 0 Å². The van der Waals surface area contributed by atoms with Crippen LogP contribution in [0, 0.1) is 10.1 Å². The van der Waals surface area contributed by atoms with Crippen molar-refractivity contribution >= 4 is 11.7 Å². The molecule has 9 heteroatoms. The Kier molecular flexibility index (Phi) is 6.42. The largest absolute Gasteiger partial charge is 0.490 e. The molecule has 0 heterocycles. The van der Waals surface area contributed by atoms with Crippen LogP contribution in [0.5, 0.6) is 11.5 Å². The molecule has 0 atom stereocenters. The highest BCUT2D eigenvalue weighted by atomic mass is 19.3. The summed E-state index contributed by atoms with van der Waals surface area (Å²) in [5, 5.41) is 10.6. The number of benzene rings is 2. The quantitative estimate of drug-likeness (QED) is 0.399. The van der Waals surface area contributed by atoms with E-state index in [9.17, 15) is 23.7 Å². The summed E-state index contributed by atoms with van der Waals surface area (Å²) in [6, 6.07) is 9.29. The predicted molar refractivity (Wildman–Crippen MR) is 86.5 cm³/mol. The Hall–Kier alpha value is -3.23. The number of carbonyl (C=O) groups excluding carboxylic acids is 1. The van der Waals surface area contributed by atoms with Crippen LogP contribution >= 0.6 is 0 Å². The number of rotatable bonds is 8. The second kappa shape index (κ2) is 8.75. The molecule has 0 aliphatic carbocycles. The van der Waals surface area contributed by atoms with Gasteiger partial charge in [0.25, 0.3) is 5.69 Å². The lowest BCUT2D eigenvalue weighted by atomic mass is 10.2. The first-order chi connectivity index (χ1) is 12.4. The molecular weight excluding hydrogens is 352 g/mol. The zero-order valence-corrected chi connectivity index (χ0v) is 13.7. The molecular formula is C17H15F2NO6. The maximum atomic E-state index is 12.6. The molecule has 0 amide bonds. The van der Waals surface area contributed by atoms with Gasteiger partial charge in [0, 0.05) is 17.7 Å². The Morgan fingerprint density at radius 2 is 1.88 bits per heavy atom. The van der Waals surface area contributed by atoms with E-state index >= 15 is 0 Å². The SMILES string of the molecule is CCOc1cccc(COC(=O)c2ccc([N+](=O)[O-])cc2)c1OC(F)F. The molecule has 0 bridgehead atoms. The van der Waals surface area contributed by atoms with E-state index in [1.165, 1.54) is 24.3 Å². The summed E-state index contributed by atoms with van der Waals surface area (Å²) in [7, 11) is 0. The van der Waals surface area contributed by atoms with Gasteiger partial charge in [0.2, 0.25) is 0 Å². The van der Waals surface area contributed by atoms with Crippen molar-refractivity contribution in [2.75, 3.05) is 6.61 Å². The van der Waals surface area contributed by atoms with Gasteiger partial charge in [-0.2, -0.15) is 8.78 Å². The van der Waals surface area contributed by atoms with Crippen LogP contribution in [0.25, 0.3) is 0 Å². The van der Waals surface area contributed by atoms with Gasteiger partial charge in [-0.15, -0.1) is 0 Å². The molecule has 0 aliphatic heterocycles. The lowest BCUT2D eigenvalue weighted by molar-refractivity contribution is -0.384. The predicted octanol–water partition coefficient (Wildman–Crippen LogP) is 3.95. The first-order valence-electron chi connectivity index (χ1n) is 7.53. The minimum Gasteiger partial charge on any atom is -0.490 e. The Balaban J connectivity index is 2.13. The van der Waals surface area contributed by atoms with Crippen LogP contribution in [0.3, 0.4) is 0 Å². The number of hydrogen-bond acceptors (Lipinski definition) is 6. The second-order valence-corrected chi connectivity index (χ2v) is 4.94. The monoisotopic (exact) mass is 367 g/mol. The number of para-hydroxylation sites is 1. The highest BCUT2D eigenvalue weighted by Crippen LogP contribution is 2.33. The van der Waals surface area contributed by atoms with E-state index in [0.717, 1.165) is 12.1 Å². The molecule has 7 nitrogen and oxygen atoms in total. The van der Waals surface area contributed by atoms with E-state index in [-0.39, 0.29) is 41.5 Å². The molecule has 26 heavy (non-hydrogen) atoms. The summed E-state index contributed by atoms with van der Waals surface area (Å²) < 4.78 is 40.1. The number of non-ortho nitro benzene ring substituents is 1. The molecule has 0 saturated heterocycles. The van der Waals surface area contributed by atoms with Crippen LogP contribution in [-0.2, 0) is 11.3 Å². The average molecular weight is 367 g/mol. The third-order valence-corrected chi connectivity index (χ3v) is 3.24. The van der Waals surface area contributed by atoms with Crippen molar-refractivity contribution in [1.82, 2.24) is 0 Å². The van der Waals surface area contributed by atoms with Gasteiger partial charge in [-0.1, -0.05) is 12.1 Å². The molecule has 0 radical (unpaired) electrons. The third kappa shape index (κ3) is 4.88. The molecule has 2 rings (SSSR count). The molecule has 0 spiro atoms. The van der Waals surface area contributed by atoms with Gasteiger partial charge < -0.3 is 14.2 Å². The Labute approximate surface area is 147 Å². The second-order valence-electron chi connectivity index (χ2n) is 4.94. The number of nitrogens with zero attached hydrogens (tertiary/aromatic N) is 1. The Bertz CT molecular complexity index is 779. The van der Waals surface area contributed by atoms with Crippen molar-refractivity contribution in [3.63, 3.8) is 0 Å². The van der Waals surface area contributed by atoms with Gasteiger partial charge in [0.15, 0.2) is 11.5 Å². The molecule has 0 saturated carbocycles. The van der Waals surface area contributed by atoms with E-state index in [1.807, 2.05) is 0 Å². The number of halogens is 2. The first kappa shape index (κ1) is 19.1. The van der Waals surface area contributed by atoms with Crippen molar-refractivity contribution in [2.24, 2.45) is 0 Å². The van der Waals surface area contributed by atoms with Gasteiger partial charge in [-0.25, -0.2) is 4.79 Å². The zero-order chi connectivity index (χ0) is 19.1. The summed E-state index contributed by atoms with van der Waals surface area (Å²) in [4.78, 5) is 22.0. The maximum absolute atomic E-state index is 12.6. The number of esters is 1. The topological polar surface area (TPSA) is 87.9 Å². The minimum atomic E-state index is -3.07. The molecule has 0 aromatic heterocycles. The van der Waals surface area contributed by atoms with E-state index in [4.69, 9.17) is 9.47 Å². The molecule has 0 fully saturated rings. The fraction of sp³-hybridized carbons (Fsp3) is 0.235. The summed E-state index contributed by atoms with van der Waals surface area (Å²) in [5.74, 6) is -0.859. The number of ether oxygens (including phenoxy) is 3. The van der Waals surface area contributed by atoms with Crippen LogP contribution < -0.4 is 9.47 Å². The maximum Gasteiger partial charge on any atom is 0.387 e. The first-order valence-corrected chi connectivity index (χ1v) is 7.53. The number of nitro benzene ring substituents is 1. The molecule has 138 valence electrons. The van der Waals surface area contributed by atoms with Crippen LogP contribution in [0.15, 0.2) is 42.5 Å². The van der Waals surface area contributed by atoms with Gasteiger partial charge in [0.1, 0.15) is 6.61 Å². The average Bonchev–Trinajstić information content (AvgIpc) is 2.61. The molecule has 2 aromatic carbocycles. The fourth-order valence-electron chi connectivity index (χ4n) is 2.11. The highest BCUT2D eigenvalue weighted by Gasteiger charge is 2.18. The van der Waals surface area contributed by atoms with Crippen molar-refractivity contribution < 1.29 is 32.7 Å². The van der Waals surface area contributed by atoms with E-state index < -0.39 is 17.5 Å². The number of nitro groups is 1. The van der Waals surface area contributed by atoms with Crippen LogP contribution in [0.1, 0.15) is 22.8 Å². The number of alkyl halides is 2. The molecule has 0 aliphatic rings. The molecule has 0 unspecified atom stereocenters. The van der Waals surface area contributed by atoms with Crippen molar-refractivity contribution in [2.45, 2.75) is 20.1 Å². The van der Waals surface area contributed by atoms with Crippen LogP contribution in [0.2, 0.25) is 0 Å². The zero-order valence-electron chi connectivity index (χ0n) is 13.7. The van der Waals surface area contributed by atoms with Crippen molar-refractivity contribution in [3.8, 4) is 11.5 Å². The van der Waals surface area contributed by atoms with Gasteiger partial charge in [0.05, 0.1) is 17.1 Å². The van der Waals surface area contributed by atoms with Crippen LogP contribution in [0.4, 0.5) is 14.5 Å². The number of hydrogen-bond donors (Lipinski definition) is 0. The standard InChI is InChI=1S/C17H15F2NO6/c1-2-24-14-5-3-4-12(15(14)26-17(18)19)10-25-16(21)11-6-8-13(9-7-11)20(22)23/h3-9,17H,2,10H2,1H3. The number of carbonyl (C=O) groups is 1. The summed E-state index contributed by atoms with van der Waals surface area (Å²) >= 11 is 0. The van der Waals surface area contributed by atoms with E-state index in [2.05, 4.69) is 4.74 Å². The Morgan fingerprint density at radius 3 is 2.46 bits per heavy atom. The summed E-state index contributed by atoms with van der Waals surface area (Å²) in [5.41, 5.74) is 0.123.